The zero-order chi connectivity index (χ0) is 13.0. The Hall–Kier alpha value is -1.54. The summed E-state index contributed by atoms with van der Waals surface area (Å²) < 4.78 is 5.16. The van der Waals surface area contributed by atoms with Crippen molar-refractivity contribution in [1.29, 1.82) is 0 Å². The number of nitrogens with one attached hydrogen (secondary N) is 1. The van der Waals surface area contributed by atoms with Crippen LogP contribution < -0.4 is 5.32 Å². The molecule has 0 aliphatic heterocycles. The summed E-state index contributed by atoms with van der Waals surface area (Å²) in [7, 11) is 1.97. The quantitative estimate of drug-likeness (QED) is 0.864. The van der Waals surface area contributed by atoms with Gasteiger partial charge >= 0.3 is 0 Å². The minimum absolute atomic E-state index is 0.205. The van der Waals surface area contributed by atoms with Gasteiger partial charge in [-0.1, -0.05) is 38.1 Å². The monoisotopic (exact) mass is 243 g/mol. The molecule has 1 heterocycles. The van der Waals surface area contributed by atoms with E-state index in [2.05, 4.69) is 43.4 Å². The van der Waals surface area contributed by atoms with Crippen molar-refractivity contribution in [1.82, 2.24) is 5.32 Å². The van der Waals surface area contributed by atoms with Crippen LogP contribution in [0.2, 0.25) is 0 Å². The van der Waals surface area contributed by atoms with Crippen molar-refractivity contribution in [2.75, 3.05) is 7.05 Å². The lowest BCUT2D eigenvalue weighted by atomic mass is 9.97. The predicted molar refractivity (Wildman–Crippen MR) is 74.6 cm³/mol. The van der Waals surface area contributed by atoms with Crippen LogP contribution in [0, 0.1) is 5.92 Å². The average molecular weight is 243 g/mol. The molecule has 2 heteroatoms. The third kappa shape index (κ3) is 3.02. The second-order valence-electron chi connectivity index (χ2n) is 5.12. The molecule has 0 aliphatic carbocycles. The Morgan fingerprint density at radius 2 is 1.78 bits per heavy atom. The van der Waals surface area contributed by atoms with Gasteiger partial charge in [0.25, 0.3) is 0 Å². The SMILES string of the molecule is CNC(c1ccc(CC(C)C)cc1)c1ccoc1. The molecule has 0 spiro atoms. The summed E-state index contributed by atoms with van der Waals surface area (Å²) in [4.78, 5) is 0. The van der Waals surface area contributed by atoms with Crippen molar-refractivity contribution in [3.63, 3.8) is 0 Å². The highest BCUT2D eigenvalue weighted by Gasteiger charge is 2.12. The lowest BCUT2D eigenvalue weighted by Crippen LogP contribution is -2.16. The summed E-state index contributed by atoms with van der Waals surface area (Å²) in [5, 5.41) is 3.32. The van der Waals surface area contributed by atoms with Crippen molar-refractivity contribution in [3.05, 3.63) is 59.5 Å². The van der Waals surface area contributed by atoms with Crippen LogP contribution in [-0.2, 0) is 6.42 Å². The van der Waals surface area contributed by atoms with Gasteiger partial charge in [-0.15, -0.1) is 0 Å². The van der Waals surface area contributed by atoms with Gasteiger partial charge in [0.15, 0.2) is 0 Å². The molecule has 2 nitrogen and oxygen atoms in total. The van der Waals surface area contributed by atoms with Gasteiger partial charge < -0.3 is 9.73 Å². The molecule has 0 saturated carbocycles. The molecule has 1 atom stereocenters. The number of furan rings is 1. The Morgan fingerprint density at radius 3 is 2.28 bits per heavy atom. The van der Waals surface area contributed by atoms with Crippen molar-refractivity contribution in [2.24, 2.45) is 5.92 Å². The van der Waals surface area contributed by atoms with Gasteiger partial charge in [0.05, 0.1) is 18.6 Å². The lowest BCUT2D eigenvalue weighted by molar-refractivity contribution is 0.557. The van der Waals surface area contributed by atoms with Gasteiger partial charge in [-0.05, 0) is 36.6 Å². The molecule has 96 valence electrons. The van der Waals surface area contributed by atoms with E-state index < -0.39 is 0 Å². The van der Waals surface area contributed by atoms with E-state index in [1.54, 1.807) is 12.5 Å². The number of rotatable bonds is 5. The van der Waals surface area contributed by atoms with Gasteiger partial charge in [-0.2, -0.15) is 0 Å². The molecule has 1 N–H and O–H groups in total. The Morgan fingerprint density at radius 1 is 1.06 bits per heavy atom. The van der Waals surface area contributed by atoms with Crippen LogP contribution in [0.4, 0.5) is 0 Å². The first-order valence-corrected chi connectivity index (χ1v) is 6.49. The van der Waals surface area contributed by atoms with E-state index in [-0.39, 0.29) is 6.04 Å². The lowest BCUT2D eigenvalue weighted by Gasteiger charge is -2.15. The summed E-state index contributed by atoms with van der Waals surface area (Å²) in [5.74, 6) is 0.699. The summed E-state index contributed by atoms with van der Waals surface area (Å²) in [5.41, 5.74) is 3.83. The maximum atomic E-state index is 5.16. The van der Waals surface area contributed by atoms with Gasteiger partial charge in [0, 0.05) is 5.56 Å². The van der Waals surface area contributed by atoms with Gasteiger partial charge in [0.2, 0.25) is 0 Å². The van der Waals surface area contributed by atoms with Crippen LogP contribution in [0.1, 0.15) is 36.6 Å². The van der Waals surface area contributed by atoms with Gasteiger partial charge in [-0.25, -0.2) is 0 Å². The molecule has 2 aromatic rings. The zero-order valence-electron chi connectivity index (χ0n) is 11.3. The Balaban J connectivity index is 2.17. The fourth-order valence-corrected chi connectivity index (χ4v) is 2.28. The summed E-state index contributed by atoms with van der Waals surface area (Å²) >= 11 is 0. The largest absolute Gasteiger partial charge is 0.472 e. The Bertz CT molecular complexity index is 456. The first kappa shape index (κ1) is 12.9. The second-order valence-corrected chi connectivity index (χ2v) is 5.12. The smallest absolute Gasteiger partial charge is 0.0953 e. The highest BCUT2D eigenvalue weighted by molar-refractivity contribution is 5.32. The topological polar surface area (TPSA) is 25.2 Å². The fourth-order valence-electron chi connectivity index (χ4n) is 2.28. The number of hydrogen-bond donors (Lipinski definition) is 1. The molecule has 0 radical (unpaired) electrons. The average Bonchev–Trinajstić information content (AvgIpc) is 2.85. The molecule has 2 rings (SSSR count). The molecule has 1 aromatic heterocycles. The highest BCUT2D eigenvalue weighted by atomic mass is 16.3. The summed E-state index contributed by atoms with van der Waals surface area (Å²) in [6.07, 6.45) is 4.65. The first-order chi connectivity index (χ1) is 8.70. The molecular formula is C16H21NO. The number of hydrogen-bond acceptors (Lipinski definition) is 2. The predicted octanol–water partition coefficient (Wildman–Crippen LogP) is 3.79. The van der Waals surface area contributed by atoms with E-state index in [9.17, 15) is 0 Å². The minimum atomic E-state index is 0.205. The molecule has 0 bridgehead atoms. The van der Waals surface area contributed by atoms with Gasteiger partial charge in [0.1, 0.15) is 0 Å². The third-order valence-corrected chi connectivity index (χ3v) is 3.12. The summed E-state index contributed by atoms with van der Waals surface area (Å²) in [6.45, 7) is 4.49. The van der Waals surface area contributed by atoms with Crippen LogP contribution in [0.25, 0.3) is 0 Å². The van der Waals surface area contributed by atoms with E-state index in [0.29, 0.717) is 5.92 Å². The maximum Gasteiger partial charge on any atom is 0.0953 e. The molecule has 0 aliphatic rings. The van der Waals surface area contributed by atoms with Crippen molar-refractivity contribution >= 4 is 0 Å². The minimum Gasteiger partial charge on any atom is -0.472 e. The maximum absolute atomic E-state index is 5.16. The Labute approximate surface area is 109 Å². The molecule has 1 unspecified atom stereocenters. The molecule has 1 aromatic carbocycles. The van der Waals surface area contributed by atoms with E-state index in [1.807, 2.05) is 13.1 Å². The highest BCUT2D eigenvalue weighted by Crippen LogP contribution is 2.22. The van der Waals surface area contributed by atoms with Crippen LogP contribution in [0.3, 0.4) is 0 Å². The van der Waals surface area contributed by atoms with Crippen molar-refractivity contribution in [3.8, 4) is 0 Å². The molecular weight excluding hydrogens is 222 g/mol. The van der Waals surface area contributed by atoms with E-state index in [4.69, 9.17) is 4.42 Å². The van der Waals surface area contributed by atoms with E-state index >= 15 is 0 Å². The Kier molecular flexibility index (Phi) is 4.21. The van der Waals surface area contributed by atoms with Crippen LogP contribution in [0.15, 0.2) is 47.3 Å². The van der Waals surface area contributed by atoms with Gasteiger partial charge in [-0.3, -0.25) is 0 Å². The zero-order valence-corrected chi connectivity index (χ0v) is 11.3. The van der Waals surface area contributed by atoms with Crippen molar-refractivity contribution in [2.45, 2.75) is 26.3 Å². The molecule has 0 saturated heterocycles. The third-order valence-electron chi connectivity index (χ3n) is 3.12. The first-order valence-electron chi connectivity index (χ1n) is 6.49. The summed E-state index contributed by atoms with van der Waals surface area (Å²) in [6, 6.07) is 11.1. The molecule has 0 fully saturated rings. The molecule has 18 heavy (non-hydrogen) atoms. The van der Waals surface area contributed by atoms with E-state index in [0.717, 1.165) is 12.0 Å². The van der Waals surface area contributed by atoms with Crippen molar-refractivity contribution < 1.29 is 4.42 Å². The number of benzene rings is 1. The fraction of sp³-hybridized carbons (Fsp3) is 0.375. The van der Waals surface area contributed by atoms with E-state index in [1.165, 1.54) is 11.1 Å². The second kappa shape index (κ2) is 5.87. The normalized spacial score (nSPS) is 12.9. The van der Waals surface area contributed by atoms with Crippen LogP contribution in [-0.4, -0.2) is 7.05 Å². The van der Waals surface area contributed by atoms with Crippen LogP contribution in [0.5, 0.6) is 0 Å². The molecule has 0 amide bonds. The standard InChI is InChI=1S/C16H21NO/c1-12(2)10-13-4-6-14(7-5-13)16(17-3)15-8-9-18-11-15/h4-9,11-12,16-17H,10H2,1-3H3. The van der Waals surface area contributed by atoms with Crippen LogP contribution >= 0.6 is 0 Å².